The van der Waals surface area contributed by atoms with Crippen molar-refractivity contribution >= 4 is 34.0 Å². The van der Waals surface area contributed by atoms with Gasteiger partial charge in [0, 0.05) is 90.0 Å². The molecule has 0 radical (unpaired) electrons. The summed E-state index contributed by atoms with van der Waals surface area (Å²) >= 11 is 1.88. The summed E-state index contributed by atoms with van der Waals surface area (Å²) in [6.07, 6.45) is 10.6. The zero-order valence-corrected chi connectivity index (χ0v) is 22.1. The zero-order valence-electron chi connectivity index (χ0n) is 21.3. The van der Waals surface area contributed by atoms with Crippen molar-refractivity contribution in [2.45, 2.75) is 51.2 Å². The third kappa shape index (κ3) is 4.82. The molecule has 1 aliphatic carbocycles. The number of carbonyl (C=O) groups is 1. The minimum atomic E-state index is 0.0735. The van der Waals surface area contributed by atoms with Gasteiger partial charge in [0.2, 0.25) is 0 Å². The molecule has 36 heavy (non-hydrogen) atoms. The number of aromatic amines is 1. The van der Waals surface area contributed by atoms with Gasteiger partial charge in [0.25, 0.3) is 0 Å². The van der Waals surface area contributed by atoms with Crippen molar-refractivity contribution in [2.24, 2.45) is 0 Å². The van der Waals surface area contributed by atoms with Crippen molar-refractivity contribution in [3.8, 4) is 10.4 Å². The summed E-state index contributed by atoms with van der Waals surface area (Å²) in [4.78, 5) is 30.4. The Labute approximate surface area is 217 Å². The van der Waals surface area contributed by atoms with E-state index in [1.807, 2.05) is 22.4 Å². The normalized spacial score (nSPS) is 22.0. The highest BCUT2D eigenvalue weighted by atomic mass is 32.1. The van der Waals surface area contributed by atoms with E-state index in [4.69, 9.17) is 4.98 Å². The summed E-state index contributed by atoms with van der Waals surface area (Å²) in [7, 11) is 2.20. The van der Waals surface area contributed by atoms with Crippen molar-refractivity contribution in [3.63, 3.8) is 0 Å². The fourth-order valence-corrected chi connectivity index (χ4v) is 6.51. The monoisotopic (exact) mass is 504 g/mol. The second-order valence-electron chi connectivity index (χ2n) is 10.6. The Hall–Kier alpha value is -2.68. The molecule has 8 heteroatoms. The van der Waals surface area contributed by atoms with E-state index in [1.54, 1.807) is 0 Å². The van der Waals surface area contributed by atoms with Crippen LogP contribution in [0.5, 0.6) is 0 Å². The molecule has 7 nitrogen and oxygen atoms in total. The molecule has 3 aromatic heterocycles. The lowest BCUT2D eigenvalue weighted by molar-refractivity contribution is 0.149. The molecule has 2 aliphatic heterocycles. The van der Waals surface area contributed by atoms with Crippen molar-refractivity contribution in [2.75, 3.05) is 39.8 Å². The van der Waals surface area contributed by atoms with E-state index in [0.717, 1.165) is 69.6 Å². The minimum Gasteiger partial charge on any atom is -0.346 e. The van der Waals surface area contributed by atoms with Crippen LogP contribution in [0.25, 0.3) is 27.0 Å². The van der Waals surface area contributed by atoms with E-state index in [1.165, 1.54) is 32.9 Å². The van der Waals surface area contributed by atoms with E-state index >= 15 is 0 Å². The number of nitrogens with zero attached hydrogens (tertiary/aromatic N) is 4. The maximum Gasteiger partial charge on any atom is 0.318 e. The van der Waals surface area contributed by atoms with E-state index < -0.39 is 0 Å². The number of thiophene rings is 1. The number of urea groups is 1. The average molecular weight is 505 g/mol. The maximum absolute atomic E-state index is 12.7. The molecular formula is C28H36N6OS. The number of pyridine rings is 1. The van der Waals surface area contributed by atoms with Gasteiger partial charge in [0.1, 0.15) is 5.65 Å². The second-order valence-corrected chi connectivity index (χ2v) is 11.8. The van der Waals surface area contributed by atoms with Gasteiger partial charge in [-0.05, 0) is 63.4 Å². The molecule has 3 aliphatic rings. The van der Waals surface area contributed by atoms with Crippen LogP contribution in [0, 0.1) is 0 Å². The summed E-state index contributed by atoms with van der Waals surface area (Å²) in [6.45, 7) is 8.45. The van der Waals surface area contributed by atoms with Crippen LogP contribution in [0.3, 0.4) is 0 Å². The largest absolute Gasteiger partial charge is 0.346 e. The molecule has 2 N–H and O–H groups in total. The number of nitrogens with one attached hydrogen (secondary N) is 2. The van der Waals surface area contributed by atoms with Crippen LogP contribution in [0.1, 0.15) is 43.0 Å². The average Bonchev–Trinajstić information content (AvgIpc) is 3.49. The molecule has 1 atom stereocenters. The van der Waals surface area contributed by atoms with Crippen LogP contribution in [0.2, 0.25) is 0 Å². The van der Waals surface area contributed by atoms with Gasteiger partial charge in [0.15, 0.2) is 0 Å². The number of amides is 2. The molecule has 6 rings (SSSR count). The van der Waals surface area contributed by atoms with Gasteiger partial charge in [-0.3, -0.25) is 4.90 Å². The van der Waals surface area contributed by atoms with Gasteiger partial charge in [-0.2, -0.15) is 0 Å². The molecule has 3 aromatic rings. The lowest BCUT2D eigenvalue weighted by Gasteiger charge is -2.35. The first kappa shape index (κ1) is 23.7. The van der Waals surface area contributed by atoms with Crippen LogP contribution in [0.4, 0.5) is 4.79 Å². The number of hydrogen-bond acceptors (Lipinski definition) is 5. The number of likely N-dealkylation sites (N-methyl/N-ethyl adjacent to an activating group) is 1. The molecule has 190 valence electrons. The Balaban J connectivity index is 1.19. The summed E-state index contributed by atoms with van der Waals surface area (Å²) in [5.41, 5.74) is 4.59. The quantitative estimate of drug-likeness (QED) is 0.525. The summed E-state index contributed by atoms with van der Waals surface area (Å²) in [6, 6.07) is 7.31. The Kier molecular flexibility index (Phi) is 6.58. The Morgan fingerprint density at radius 2 is 2.03 bits per heavy atom. The molecule has 0 spiro atoms. The van der Waals surface area contributed by atoms with E-state index in [-0.39, 0.29) is 12.1 Å². The van der Waals surface area contributed by atoms with Crippen LogP contribution in [-0.4, -0.2) is 82.6 Å². The van der Waals surface area contributed by atoms with Crippen LogP contribution in [0.15, 0.2) is 36.7 Å². The predicted octanol–water partition coefficient (Wildman–Crippen LogP) is 4.78. The van der Waals surface area contributed by atoms with Gasteiger partial charge in [-0.15, -0.1) is 11.3 Å². The number of H-pyrrole nitrogens is 1. The fourth-order valence-electron chi connectivity index (χ4n) is 5.48. The Morgan fingerprint density at radius 1 is 1.19 bits per heavy atom. The van der Waals surface area contributed by atoms with Gasteiger partial charge in [0.05, 0.1) is 0 Å². The molecule has 0 aromatic carbocycles. The lowest BCUT2D eigenvalue weighted by Crippen LogP contribution is -2.51. The fraction of sp³-hybridized carbons (Fsp3) is 0.500. The van der Waals surface area contributed by atoms with Crippen LogP contribution >= 0.6 is 11.3 Å². The standard InChI is InChI=1S/C28H36N6OS/c1-19-14-20(8-9-34(19)28(35)31-22-4-3-5-22)25-17-30-27-24(25)15-21(16-29-27)26-7-6-23(36-26)18-33-12-10-32(2)11-13-33/h6-7,14-17,19,22H,3-5,8-13,18H2,1-2H3,(H,29,30)(H,31,35). The molecule has 0 bridgehead atoms. The third-order valence-corrected chi connectivity index (χ3v) is 9.17. The highest BCUT2D eigenvalue weighted by Crippen LogP contribution is 2.35. The van der Waals surface area contributed by atoms with Crippen molar-refractivity contribution in [3.05, 3.63) is 47.1 Å². The number of hydrogen-bond donors (Lipinski definition) is 2. The number of rotatable bonds is 5. The minimum absolute atomic E-state index is 0.0735. The van der Waals surface area contributed by atoms with Crippen molar-refractivity contribution in [1.82, 2.24) is 30.0 Å². The van der Waals surface area contributed by atoms with E-state index in [9.17, 15) is 4.79 Å². The van der Waals surface area contributed by atoms with Gasteiger partial charge in [-0.1, -0.05) is 6.08 Å². The number of piperazine rings is 1. The lowest BCUT2D eigenvalue weighted by atomic mass is 9.93. The SMILES string of the molecule is CC1C=C(c2c[nH]c3ncc(-c4ccc(CN5CCN(C)CC5)s4)cc23)CCN1C(=O)NC1CCC1. The molecular weight excluding hydrogens is 468 g/mol. The highest BCUT2D eigenvalue weighted by molar-refractivity contribution is 7.15. The molecule has 1 unspecified atom stereocenters. The summed E-state index contributed by atoms with van der Waals surface area (Å²) in [5, 5.41) is 4.35. The molecule has 2 amide bonds. The van der Waals surface area contributed by atoms with E-state index in [0.29, 0.717) is 6.04 Å². The number of fused-ring (bicyclic) bond motifs is 1. The topological polar surface area (TPSA) is 67.5 Å². The second kappa shape index (κ2) is 10.00. The number of carbonyl (C=O) groups excluding carboxylic acids is 1. The number of aromatic nitrogens is 2. The first-order chi connectivity index (χ1) is 17.5. The summed E-state index contributed by atoms with van der Waals surface area (Å²) < 4.78 is 0. The first-order valence-corrected chi connectivity index (χ1v) is 14.1. The molecule has 1 saturated heterocycles. The molecule has 2 fully saturated rings. The molecule has 1 saturated carbocycles. The Bertz CT molecular complexity index is 1270. The van der Waals surface area contributed by atoms with Crippen LogP contribution < -0.4 is 5.32 Å². The Morgan fingerprint density at radius 3 is 2.78 bits per heavy atom. The third-order valence-electron chi connectivity index (χ3n) is 8.05. The van der Waals surface area contributed by atoms with Crippen molar-refractivity contribution in [1.29, 1.82) is 0 Å². The summed E-state index contributed by atoms with van der Waals surface area (Å²) in [5.74, 6) is 0. The zero-order chi connectivity index (χ0) is 24.6. The maximum atomic E-state index is 12.7. The van der Waals surface area contributed by atoms with E-state index in [2.05, 4.69) is 64.5 Å². The predicted molar refractivity (Wildman–Crippen MR) is 147 cm³/mol. The van der Waals surface area contributed by atoms with Gasteiger partial charge in [-0.25, -0.2) is 9.78 Å². The molecule has 5 heterocycles. The van der Waals surface area contributed by atoms with Gasteiger partial charge >= 0.3 is 6.03 Å². The van der Waals surface area contributed by atoms with Gasteiger partial charge < -0.3 is 20.1 Å². The smallest absolute Gasteiger partial charge is 0.318 e. The highest BCUT2D eigenvalue weighted by Gasteiger charge is 2.28. The van der Waals surface area contributed by atoms with Crippen LogP contribution in [-0.2, 0) is 6.54 Å². The van der Waals surface area contributed by atoms with Crippen molar-refractivity contribution < 1.29 is 4.79 Å². The first-order valence-electron chi connectivity index (χ1n) is 13.3.